The summed E-state index contributed by atoms with van der Waals surface area (Å²) < 4.78 is 0. The minimum absolute atomic E-state index is 0.0128. The summed E-state index contributed by atoms with van der Waals surface area (Å²) in [5.74, 6) is 0.747. The number of nitrogens with zero attached hydrogens (tertiary/aromatic N) is 2. The third-order valence-electron chi connectivity index (χ3n) is 2.78. The van der Waals surface area contributed by atoms with Gasteiger partial charge in [-0.3, -0.25) is 4.79 Å². The van der Waals surface area contributed by atoms with Gasteiger partial charge in [0.15, 0.2) is 0 Å². The van der Waals surface area contributed by atoms with E-state index in [-0.39, 0.29) is 16.9 Å². The van der Waals surface area contributed by atoms with Crippen LogP contribution in [0.1, 0.15) is 12.6 Å². The summed E-state index contributed by atoms with van der Waals surface area (Å²) in [6, 6.07) is 5.24. The number of aromatic nitrogens is 1. The van der Waals surface area contributed by atoms with E-state index < -0.39 is 0 Å². The Morgan fingerprint density at radius 3 is 3.12 bits per heavy atom. The van der Waals surface area contributed by atoms with E-state index in [4.69, 9.17) is 18.0 Å². The topological polar surface area (TPSA) is 71.2 Å². The molecule has 1 atom stereocenters. The smallest absolute Gasteiger partial charge is 0.242 e. The fraction of sp³-hybridized carbons (Fsp3) is 0.364. The van der Waals surface area contributed by atoms with E-state index in [9.17, 15) is 4.79 Å². The zero-order chi connectivity index (χ0) is 12.4. The van der Waals surface area contributed by atoms with Crippen molar-refractivity contribution in [2.45, 2.75) is 13.0 Å². The van der Waals surface area contributed by atoms with Crippen molar-refractivity contribution >= 4 is 28.9 Å². The number of rotatable bonds is 2. The molecule has 1 fully saturated rings. The first-order chi connectivity index (χ1) is 8.09. The molecule has 2 heterocycles. The van der Waals surface area contributed by atoms with Gasteiger partial charge < -0.3 is 16.0 Å². The van der Waals surface area contributed by atoms with Crippen LogP contribution in [0.2, 0.25) is 0 Å². The second-order valence-corrected chi connectivity index (χ2v) is 4.35. The van der Waals surface area contributed by atoms with Gasteiger partial charge in [-0.25, -0.2) is 4.98 Å². The van der Waals surface area contributed by atoms with Crippen molar-refractivity contribution in [2.75, 3.05) is 18.0 Å². The van der Waals surface area contributed by atoms with Crippen LogP contribution in [-0.4, -0.2) is 35.0 Å². The standard InChI is InChI=1S/C11H14N4OS/c1-7-11(16)13-5-6-15(7)9-4-2-3-8(14-9)10(12)17/h2-4,7H,5-6H2,1H3,(H2,12,17)(H,13,16). The third kappa shape index (κ3) is 2.36. The van der Waals surface area contributed by atoms with Crippen molar-refractivity contribution in [3.63, 3.8) is 0 Å². The Morgan fingerprint density at radius 2 is 2.41 bits per heavy atom. The normalized spacial score (nSPS) is 19.9. The fourth-order valence-corrected chi connectivity index (χ4v) is 1.93. The third-order valence-corrected chi connectivity index (χ3v) is 2.99. The first-order valence-corrected chi connectivity index (χ1v) is 5.81. The molecule has 1 aliphatic rings. The average Bonchev–Trinajstić information content (AvgIpc) is 2.33. The van der Waals surface area contributed by atoms with E-state index in [1.165, 1.54) is 0 Å². The van der Waals surface area contributed by atoms with E-state index in [0.717, 1.165) is 12.4 Å². The Labute approximate surface area is 105 Å². The Hall–Kier alpha value is -1.69. The number of carbonyl (C=O) groups excluding carboxylic acids is 1. The highest BCUT2D eigenvalue weighted by molar-refractivity contribution is 7.80. The number of pyridine rings is 1. The number of piperazine rings is 1. The predicted molar refractivity (Wildman–Crippen MR) is 69.9 cm³/mol. The Kier molecular flexibility index (Phi) is 3.23. The molecular weight excluding hydrogens is 236 g/mol. The lowest BCUT2D eigenvalue weighted by atomic mass is 10.2. The molecular formula is C11H14N4OS. The molecule has 2 rings (SSSR count). The van der Waals surface area contributed by atoms with Crippen LogP contribution in [0.4, 0.5) is 5.82 Å². The van der Waals surface area contributed by atoms with Gasteiger partial charge >= 0.3 is 0 Å². The highest BCUT2D eigenvalue weighted by Gasteiger charge is 2.26. The highest BCUT2D eigenvalue weighted by atomic mass is 32.1. The lowest BCUT2D eigenvalue weighted by Crippen LogP contribution is -2.54. The number of nitrogens with two attached hydrogens (primary N) is 1. The number of thiocarbonyl (C=S) groups is 1. The van der Waals surface area contributed by atoms with Crippen molar-refractivity contribution in [3.05, 3.63) is 23.9 Å². The van der Waals surface area contributed by atoms with Crippen LogP contribution in [0.15, 0.2) is 18.2 Å². The van der Waals surface area contributed by atoms with Gasteiger partial charge in [-0.15, -0.1) is 0 Å². The summed E-state index contributed by atoms with van der Waals surface area (Å²) >= 11 is 4.89. The second-order valence-electron chi connectivity index (χ2n) is 3.91. The first kappa shape index (κ1) is 11.8. The fourth-order valence-electron chi connectivity index (χ4n) is 1.82. The van der Waals surface area contributed by atoms with E-state index in [0.29, 0.717) is 12.2 Å². The minimum Gasteiger partial charge on any atom is -0.388 e. The summed E-state index contributed by atoms with van der Waals surface area (Å²) in [7, 11) is 0. The van der Waals surface area contributed by atoms with E-state index in [1.54, 1.807) is 6.07 Å². The van der Waals surface area contributed by atoms with Crippen molar-refractivity contribution < 1.29 is 4.79 Å². The van der Waals surface area contributed by atoms with Gasteiger partial charge in [0.1, 0.15) is 16.8 Å². The van der Waals surface area contributed by atoms with E-state index in [1.807, 2.05) is 24.0 Å². The number of hydrogen-bond donors (Lipinski definition) is 2. The summed E-state index contributed by atoms with van der Waals surface area (Å²) in [6.07, 6.45) is 0. The van der Waals surface area contributed by atoms with Gasteiger partial charge in [-0.2, -0.15) is 0 Å². The minimum atomic E-state index is -0.224. The molecule has 0 bridgehead atoms. The Balaban J connectivity index is 2.29. The maximum absolute atomic E-state index is 11.6. The van der Waals surface area contributed by atoms with Crippen molar-refractivity contribution in [3.8, 4) is 0 Å². The van der Waals surface area contributed by atoms with E-state index in [2.05, 4.69) is 10.3 Å². The van der Waals surface area contributed by atoms with Crippen LogP contribution < -0.4 is 16.0 Å². The van der Waals surface area contributed by atoms with Crippen molar-refractivity contribution in [1.29, 1.82) is 0 Å². The highest BCUT2D eigenvalue weighted by Crippen LogP contribution is 2.16. The number of amides is 1. The van der Waals surface area contributed by atoms with Crippen LogP contribution >= 0.6 is 12.2 Å². The van der Waals surface area contributed by atoms with Gasteiger partial charge in [0.2, 0.25) is 5.91 Å². The maximum atomic E-state index is 11.6. The first-order valence-electron chi connectivity index (χ1n) is 5.41. The number of carbonyl (C=O) groups is 1. The lowest BCUT2D eigenvalue weighted by molar-refractivity contribution is -0.122. The largest absolute Gasteiger partial charge is 0.388 e. The summed E-state index contributed by atoms with van der Waals surface area (Å²) in [4.78, 5) is 18.1. The molecule has 90 valence electrons. The van der Waals surface area contributed by atoms with Crippen molar-refractivity contribution in [2.24, 2.45) is 5.73 Å². The van der Waals surface area contributed by atoms with Crippen molar-refractivity contribution in [1.82, 2.24) is 10.3 Å². The molecule has 6 heteroatoms. The molecule has 0 aliphatic carbocycles. The quantitative estimate of drug-likeness (QED) is 0.725. The van der Waals surface area contributed by atoms with Crippen LogP contribution in [0.25, 0.3) is 0 Å². The van der Waals surface area contributed by atoms with E-state index >= 15 is 0 Å². The van der Waals surface area contributed by atoms with Crippen LogP contribution in [0, 0.1) is 0 Å². The molecule has 17 heavy (non-hydrogen) atoms. The van der Waals surface area contributed by atoms with Gasteiger partial charge in [-0.05, 0) is 19.1 Å². The summed E-state index contributed by atoms with van der Waals surface area (Å²) in [5, 5.41) is 2.81. The Bertz CT molecular complexity index is 463. The molecule has 1 aromatic heterocycles. The van der Waals surface area contributed by atoms with Crippen LogP contribution in [0.3, 0.4) is 0 Å². The molecule has 1 aliphatic heterocycles. The van der Waals surface area contributed by atoms with Crippen LogP contribution in [0.5, 0.6) is 0 Å². The number of anilines is 1. The van der Waals surface area contributed by atoms with Gasteiger partial charge in [0, 0.05) is 13.1 Å². The molecule has 1 amide bonds. The molecule has 0 radical (unpaired) electrons. The number of hydrogen-bond acceptors (Lipinski definition) is 4. The zero-order valence-electron chi connectivity index (χ0n) is 9.51. The van der Waals surface area contributed by atoms with Gasteiger partial charge in [0.05, 0.1) is 5.69 Å². The molecule has 0 spiro atoms. The zero-order valence-corrected chi connectivity index (χ0v) is 10.3. The SMILES string of the molecule is CC1C(=O)NCCN1c1cccc(C(N)=S)n1. The van der Waals surface area contributed by atoms with Gasteiger partial charge in [-0.1, -0.05) is 18.3 Å². The summed E-state index contributed by atoms with van der Waals surface area (Å²) in [5.41, 5.74) is 6.12. The molecule has 1 saturated heterocycles. The molecule has 5 nitrogen and oxygen atoms in total. The molecule has 3 N–H and O–H groups in total. The number of nitrogens with one attached hydrogen (secondary N) is 1. The average molecular weight is 250 g/mol. The molecule has 0 aromatic carbocycles. The second kappa shape index (κ2) is 4.67. The lowest BCUT2D eigenvalue weighted by Gasteiger charge is -2.33. The molecule has 1 aromatic rings. The molecule has 0 saturated carbocycles. The molecule has 1 unspecified atom stereocenters. The summed E-state index contributed by atoms with van der Waals surface area (Å²) in [6.45, 7) is 3.21. The maximum Gasteiger partial charge on any atom is 0.242 e. The van der Waals surface area contributed by atoms with Gasteiger partial charge in [0.25, 0.3) is 0 Å². The Morgan fingerprint density at radius 1 is 1.65 bits per heavy atom. The predicted octanol–water partition coefficient (Wildman–Crippen LogP) is 0.0405. The monoisotopic (exact) mass is 250 g/mol. The van der Waals surface area contributed by atoms with Crippen LogP contribution in [-0.2, 0) is 4.79 Å².